The third-order valence-corrected chi connectivity index (χ3v) is 3.65. The van der Waals surface area contributed by atoms with Crippen LogP contribution in [0.15, 0.2) is 27.2 Å². The quantitative estimate of drug-likeness (QED) is 0.826. The molecule has 0 aliphatic carbocycles. The van der Waals surface area contributed by atoms with Crippen LogP contribution in [0.1, 0.15) is 36.6 Å². The molecule has 0 amide bonds. The lowest BCUT2D eigenvalue weighted by molar-refractivity contribution is 0.429. The molecule has 0 radical (unpaired) electrons. The van der Waals surface area contributed by atoms with Crippen molar-refractivity contribution in [1.29, 1.82) is 5.26 Å². The molecule has 92 valence electrons. The second-order valence-corrected chi connectivity index (χ2v) is 5.31. The summed E-state index contributed by atoms with van der Waals surface area (Å²) in [4.78, 5) is 0. The molecule has 0 aliphatic rings. The zero-order chi connectivity index (χ0) is 13.3. The number of nitriles is 1. The maximum absolute atomic E-state index is 8.89. The highest BCUT2D eigenvalue weighted by molar-refractivity contribution is 9.10. The fourth-order valence-corrected chi connectivity index (χ4v) is 2.21. The van der Waals surface area contributed by atoms with Gasteiger partial charge in [-0.15, -0.1) is 0 Å². The minimum Gasteiger partial charge on any atom is -0.354 e. The molecule has 1 heterocycles. The van der Waals surface area contributed by atoms with Gasteiger partial charge in [-0.3, -0.25) is 0 Å². The van der Waals surface area contributed by atoms with Gasteiger partial charge in [-0.1, -0.05) is 31.1 Å². The molecule has 1 aromatic heterocycles. The lowest BCUT2D eigenvalue weighted by atomic mass is 9.96. The number of aryl methyl sites for hydroxylation is 1. The van der Waals surface area contributed by atoms with E-state index in [4.69, 9.17) is 9.78 Å². The average molecular weight is 305 g/mol. The summed E-state index contributed by atoms with van der Waals surface area (Å²) in [7, 11) is 0. The van der Waals surface area contributed by atoms with Gasteiger partial charge in [0.2, 0.25) is 0 Å². The Kier molecular flexibility index (Phi) is 3.53. The number of benzene rings is 1. The summed E-state index contributed by atoms with van der Waals surface area (Å²) in [6, 6.07) is 8.25. The van der Waals surface area contributed by atoms with Gasteiger partial charge in [0.25, 0.3) is 0 Å². The maximum Gasteiger partial charge on any atom is 0.198 e. The van der Waals surface area contributed by atoms with E-state index in [1.807, 2.05) is 13.0 Å². The van der Waals surface area contributed by atoms with Crippen molar-refractivity contribution < 1.29 is 4.52 Å². The second kappa shape index (κ2) is 4.95. The summed E-state index contributed by atoms with van der Waals surface area (Å²) in [5.74, 6) is 1.06. The monoisotopic (exact) mass is 304 g/mol. The first-order valence-electron chi connectivity index (χ1n) is 5.70. The van der Waals surface area contributed by atoms with E-state index in [1.165, 1.54) is 5.56 Å². The van der Waals surface area contributed by atoms with E-state index in [9.17, 15) is 0 Å². The van der Waals surface area contributed by atoms with Gasteiger partial charge in [0.1, 0.15) is 10.5 Å². The molecule has 2 rings (SSSR count). The second-order valence-electron chi connectivity index (χ2n) is 4.52. The lowest BCUT2D eigenvalue weighted by Gasteiger charge is -2.09. The van der Waals surface area contributed by atoms with Crippen LogP contribution in [0.3, 0.4) is 0 Å². The van der Waals surface area contributed by atoms with Crippen molar-refractivity contribution >= 4 is 15.9 Å². The van der Waals surface area contributed by atoms with Gasteiger partial charge in [-0.2, -0.15) is 5.26 Å². The Morgan fingerprint density at radius 3 is 2.67 bits per heavy atom. The van der Waals surface area contributed by atoms with Crippen LogP contribution >= 0.6 is 15.9 Å². The Morgan fingerprint density at radius 1 is 1.39 bits per heavy atom. The Morgan fingerprint density at radius 2 is 2.11 bits per heavy atom. The van der Waals surface area contributed by atoms with Crippen molar-refractivity contribution in [2.45, 2.75) is 26.7 Å². The summed E-state index contributed by atoms with van der Waals surface area (Å²) in [5, 5.41) is 12.6. The number of rotatable bonds is 2. The molecule has 2 aromatic rings. The van der Waals surface area contributed by atoms with Gasteiger partial charge in [0.15, 0.2) is 11.5 Å². The molecule has 1 aromatic carbocycles. The van der Waals surface area contributed by atoms with Gasteiger partial charge < -0.3 is 4.52 Å². The third-order valence-electron chi connectivity index (χ3n) is 2.91. The van der Waals surface area contributed by atoms with E-state index in [-0.39, 0.29) is 5.69 Å². The molecule has 0 saturated carbocycles. The van der Waals surface area contributed by atoms with Crippen molar-refractivity contribution in [2.24, 2.45) is 0 Å². The maximum atomic E-state index is 8.89. The molecule has 0 spiro atoms. The molecule has 3 nitrogen and oxygen atoms in total. The Bertz CT molecular complexity index is 623. The number of nitrogens with zero attached hydrogens (tertiary/aromatic N) is 2. The number of halogens is 1. The minimum absolute atomic E-state index is 0.277. The third kappa shape index (κ3) is 2.19. The van der Waals surface area contributed by atoms with Crippen LogP contribution in [0, 0.1) is 18.3 Å². The minimum atomic E-state index is 0.277. The Labute approximate surface area is 115 Å². The fourth-order valence-electron chi connectivity index (χ4n) is 1.76. The molecular weight excluding hydrogens is 292 g/mol. The van der Waals surface area contributed by atoms with Gasteiger partial charge in [0.05, 0.1) is 0 Å². The van der Waals surface area contributed by atoms with Crippen molar-refractivity contribution in [1.82, 2.24) is 5.16 Å². The van der Waals surface area contributed by atoms with E-state index < -0.39 is 0 Å². The molecule has 0 atom stereocenters. The van der Waals surface area contributed by atoms with E-state index in [0.717, 1.165) is 11.1 Å². The predicted octanol–water partition coefficient (Wildman–Crippen LogP) is 4.41. The molecule has 0 bridgehead atoms. The smallest absolute Gasteiger partial charge is 0.198 e. The summed E-state index contributed by atoms with van der Waals surface area (Å²) < 4.78 is 5.89. The van der Waals surface area contributed by atoms with Crippen LogP contribution in [0.2, 0.25) is 0 Å². The van der Waals surface area contributed by atoms with E-state index in [2.05, 4.69) is 53.1 Å². The van der Waals surface area contributed by atoms with Crippen LogP contribution in [0.4, 0.5) is 0 Å². The molecule has 0 saturated heterocycles. The van der Waals surface area contributed by atoms with Gasteiger partial charge in [0, 0.05) is 5.56 Å². The molecule has 0 fully saturated rings. The molecule has 4 heteroatoms. The van der Waals surface area contributed by atoms with Crippen molar-refractivity contribution in [3.05, 3.63) is 39.5 Å². The first-order chi connectivity index (χ1) is 8.54. The summed E-state index contributed by atoms with van der Waals surface area (Å²) in [6.07, 6.45) is 0. The van der Waals surface area contributed by atoms with Crippen LogP contribution in [-0.2, 0) is 0 Å². The standard InChI is InChI=1S/C14H13BrN2O/c1-8(2)10-5-4-9(3)11(6-10)14-13(15)12(7-16)17-18-14/h4-6,8H,1-3H3. The van der Waals surface area contributed by atoms with Gasteiger partial charge in [-0.25, -0.2) is 0 Å². The predicted molar refractivity (Wildman–Crippen MR) is 73.2 cm³/mol. The van der Waals surface area contributed by atoms with Crippen LogP contribution in [0.25, 0.3) is 11.3 Å². The van der Waals surface area contributed by atoms with Crippen LogP contribution in [0.5, 0.6) is 0 Å². The van der Waals surface area contributed by atoms with Crippen LogP contribution < -0.4 is 0 Å². The number of hydrogen-bond acceptors (Lipinski definition) is 3. The van der Waals surface area contributed by atoms with E-state index in [0.29, 0.717) is 16.2 Å². The summed E-state index contributed by atoms with van der Waals surface area (Å²) in [5.41, 5.74) is 3.58. The molecule has 18 heavy (non-hydrogen) atoms. The Hall–Kier alpha value is -1.60. The Balaban J connectivity index is 2.60. The summed E-state index contributed by atoms with van der Waals surface area (Å²) in [6.45, 7) is 6.30. The molecule has 0 N–H and O–H groups in total. The van der Waals surface area contributed by atoms with Gasteiger partial charge >= 0.3 is 0 Å². The first kappa shape index (κ1) is 12.8. The van der Waals surface area contributed by atoms with E-state index >= 15 is 0 Å². The highest BCUT2D eigenvalue weighted by Crippen LogP contribution is 2.34. The van der Waals surface area contributed by atoms with Crippen molar-refractivity contribution in [3.8, 4) is 17.4 Å². The number of hydrogen-bond donors (Lipinski definition) is 0. The average Bonchev–Trinajstić information content (AvgIpc) is 2.70. The fraction of sp³-hybridized carbons (Fsp3) is 0.286. The highest BCUT2D eigenvalue weighted by atomic mass is 79.9. The van der Waals surface area contributed by atoms with E-state index in [1.54, 1.807) is 0 Å². The highest BCUT2D eigenvalue weighted by Gasteiger charge is 2.17. The first-order valence-corrected chi connectivity index (χ1v) is 6.50. The van der Waals surface area contributed by atoms with Gasteiger partial charge in [-0.05, 0) is 46.0 Å². The molecular formula is C14H13BrN2O. The number of aromatic nitrogens is 1. The SMILES string of the molecule is Cc1ccc(C(C)C)cc1-c1onc(C#N)c1Br. The summed E-state index contributed by atoms with van der Waals surface area (Å²) >= 11 is 3.37. The molecule has 0 unspecified atom stereocenters. The molecule has 0 aliphatic heterocycles. The zero-order valence-corrected chi connectivity index (χ0v) is 12.1. The van der Waals surface area contributed by atoms with Crippen LogP contribution in [-0.4, -0.2) is 5.16 Å². The lowest BCUT2D eigenvalue weighted by Crippen LogP contribution is -1.90. The van der Waals surface area contributed by atoms with Crippen molar-refractivity contribution in [2.75, 3.05) is 0 Å². The van der Waals surface area contributed by atoms with Crippen molar-refractivity contribution in [3.63, 3.8) is 0 Å². The zero-order valence-electron chi connectivity index (χ0n) is 10.5. The normalized spacial score (nSPS) is 10.7. The topological polar surface area (TPSA) is 49.8 Å². The largest absolute Gasteiger partial charge is 0.354 e.